The second-order valence-electron chi connectivity index (χ2n) is 4.30. The van der Waals surface area contributed by atoms with Crippen LogP contribution in [-0.4, -0.2) is 6.54 Å². The number of aryl methyl sites for hydroxylation is 1. The molecule has 0 radical (unpaired) electrons. The topological polar surface area (TPSA) is 52.0 Å². The van der Waals surface area contributed by atoms with E-state index < -0.39 is 5.54 Å². The fourth-order valence-corrected chi connectivity index (χ4v) is 1.68. The van der Waals surface area contributed by atoms with Gasteiger partial charge in [-0.2, -0.15) is 0 Å². The highest BCUT2D eigenvalue weighted by molar-refractivity contribution is 5.42. The molecule has 4 N–H and O–H groups in total. The molecule has 0 fully saturated rings. The minimum atomic E-state index is -0.414. The predicted octanol–water partition coefficient (Wildman–Crippen LogP) is 1.74. The molecule has 0 aromatic heterocycles. The molecule has 1 rings (SSSR count). The Morgan fingerprint density at radius 2 is 1.71 bits per heavy atom. The molecule has 2 nitrogen and oxygen atoms in total. The lowest BCUT2D eigenvalue weighted by Crippen LogP contribution is -2.41. The molecule has 0 aliphatic carbocycles. The molecule has 0 saturated carbocycles. The third-order valence-electron chi connectivity index (χ3n) is 3.10. The van der Waals surface area contributed by atoms with E-state index in [0.717, 1.165) is 5.56 Å². The van der Waals surface area contributed by atoms with Crippen molar-refractivity contribution >= 4 is 0 Å². The van der Waals surface area contributed by atoms with Gasteiger partial charge in [-0.15, -0.1) is 0 Å². The first-order valence-electron chi connectivity index (χ1n) is 4.96. The summed E-state index contributed by atoms with van der Waals surface area (Å²) in [7, 11) is 0. The SMILES string of the molecule is Cc1ccc(C(C)(N)CN)c(C)c1C. The second-order valence-corrected chi connectivity index (χ2v) is 4.30. The van der Waals surface area contributed by atoms with E-state index in [2.05, 4.69) is 32.9 Å². The molecular formula is C12H20N2. The smallest absolute Gasteiger partial charge is 0.0507 e. The number of rotatable bonds is 2. The van der Waals surface area contributed by atoms with Crippen molar-refractivity contribution in [3.05, 3.63) is 34.4 Å². The van der Waals surface area contributed by atoms with Gasteiger partial charge < -0.3 is 11.5 Å². The lowest BCUT2D eigenvalue weighted by atomic mass is 9.86. The molecule has 0 bridgehead atoms. The Labute approximate surface area is 86.3 Å². The van der Waals surface area contributed by atoms with Crippen molar-refractivity contribution < 1.29 is 0 Å². The lowest BCUT2D eigenvalue weighted by molar-refractivity contribution is 0.504. The molecule has 0 aliphatic heterocycles. The van der Waals surface area contributed by atoms with Crippen LogP contribution in [0.1, 0.15) is 29.2 Å². The number of benzene rings is 1. The maximum Gasteiger partial charge on any atom is 0.0507 e. The molecule has 2 heteroatoms. The summed E-state index contributed by atoms with van der Waals surface area (Å²) in [5, 5.41) is 0. The van der Waals surface area contributed by atoms with Gasteiger partial charge in [0.05, 0.1) is 5.54 Å². The first kappa shape index (κ1) is 11.2. The Kier molecular flexibility index (Phi) is 2.98. The molecule has 14 heavy (non-hydrogen) atoms. The van der Waals surface area contributed by atoms with Crippen LogP contribution in [0.5, 0.6) is 0 Å². The minimum Gasteiger partial charge on any atom is -0.328 e. The van der Waals surface area contributed by atoms with E-state index in [0.29, 0.717) is 6.54 Å². The Morgan fingerprint density at radius 1 is 1.14 bits per heavy atom. The molecule has 1 atom stereocenters. The summed E-state index contributed by atoms with van der Waals surface area (Å²) in [6.07, 6.45) is 0. The first-order chi connectivity index (χ1) is 6.40. The van der Waals surface area contributed by atoms with Crippen molar-refractivity contribution in [3.8, 4) is 0 Å². The molecule has 0 aliphatic rings. The van der Waals surface area contributed by atoms with Gasteiger partial charge >= 0.3 is 0 Å². The van der Waals surface area contributed by atoms with Crippen LogP contribution in [0.25, 0.3) is 0 Å². The van der Waals surface area contributed by atoms with E-state index >= 15 is 0 Å². The van der Waals surface area contributed by atoms with Crippen LogP contribution in [0, 0.1) is 20.8 Å². The van der Waals surface area contributed by atoms with Crippen molar-refractivity contribution in [2.45, 2.75) is 33.2 Å². The van der Waals surface area contributed by atoms with E-state index in [-0.39, 0.29) is 0 Å². The van der Waals surface area contributed by atoms with Gasteiger partial charge in [-0.25, -0.2) is 0 Å². The normalized spacial score (nSPS) is 15.3. The van der Waals surface area contributed by atoms with Gasteiger partial charge in [0.2, 0.25) is 0 Å². The van der Waals surface area contributed by atoms with Crippen molar-refractivity contribution in [1.82, 2.24) is 0 Å². The third-order valence-corrected chi connectivity index (χ3v) is 3.10. The summed E-state index contributed by atoms with van der Waals surface area (Å²) in [6, 6.07) is 4.20. The summed E-state index contributed by atoms with van der Waals surface area (Å²) in [4.78, 5) is 0. The summed E-state index contributed by atoms with van der Waals surface area (Å²) in [5.74, 6) is 0. The molecule has 1 aromatic rings. The van der Waals surface area contributed by atoms with Gasteiger partial charge in [-0.05, 0) is 49.9 Å². The van der Waals surface area contributed by atoms with Crippen molar-refractivity contribution in [2.24, 2.45) is 11.5 Å². The van der Waals surface area contributed by atoms with Crippen LogP contribution >= 0.6 is 0 Å². The molecule has 0 spiro atoms. The minimum absolute atomic E-state index is 0.414. The zero-order valence-electron chi connectivity index (χ0n) is 9.52. The highest BCUT2D eigenvalue weighted by Crippen LogP contribution is 2.24. The Hall–Kier alpha value is -0.860. The lowest BCUT2D eigenvalue weighted by Gasteiger charge is -2.26. The van der Waals surface area contributed by atoms with E-state index in [9.17, 15) is 0 Å². The maximum absolute atomic E-state index is 6.13. The van der Waals surface area contributed by atoms with E-state index in [1.54, 1.807) is 0 Å². The first-order valence-corrected chi connectivity index (χ1v) is 4.96. The van der Waals surface area contributed by atoms with Crippen LogP contribution in [0.4, 0.5) is 0 Å². The van der Waals surface area contributed by atoms with Crippen LogP contribution in [0.15, 0.2) is 12.1 Å². The van der Waals surface area contributed by atoms with Gasteiger partial charge in [0.15, 0.2) is 0 Å². The highest BCUT2D eigenvalue weighted by Gasteiger charge is 2.21. The van der Waals surface area contributed by atoms with Crippen LogP contribution < -0.4 is 11.5 Å². The molecule has 1 aromatic carbocycles. The number of hydrogen-bond acceptors (Lipinski definition) is 2. The number of hydrogen-bond donors (Lipinski definition) is 2. The zero-order valence-corrected chi connectivity index (χ0v) is 9.52. The van der Waals surface area contributed by atoms with Gasteiger partial charge in [-0.1, -0.05) is 12.1 Å². The molecule has 0 amide bonds. The van der Waals surface area contributed by atoms with Gasteiger partial charge in [0.25, 0.3) is 0 Å². The Balaban J connectivity index is 3.31. The summed E-state index contributed by atoms with van der Waals surface area (Å²) in [6.45, 7) is 8.79. The monoisotopic (exact) mass is 192 g/mol. The Bertz CT molecular complexity index is 340. The summed E-state index contributed by atoms with van der Waals surface area (Å²) < 4.78 is 0. The van der Waals surface area contributed by atoms with Crippen molar-refractivity contribution in [3.63, 3.8) is 0 Å². The van der Waals surface area contributed by atoms with Crippen LogP contribution in [0.3, 0.4) is 0 Å². The third kappa shape index (κ3) is 1.81. The largest absolute Gasteiger partial charge is 0.328 e. The average Bonchev–Trinajstić information content (AvgIpc) is 2.14. The number of nitrogens with two attached hydrogens (primary N) is 2. The van der Waals surface area contributed by atoms with Crippen molar-refractivity contribution in [1.29, 1.82) is 0 Å². The second kappa shape index (κ2) is 3.71. The average molecular weight is 192 g/mol. The van der Waals surface area contributed by atoms with Gasteiger partial charge in [0.1, 0.15) is 0 Å². The van der Waals surface area contributed by atoms with E-state index in [1.807, 2.05) is 6.92 Å². The van der Waals surface area contributed by atoms with Gasteiger partial charge in [-0.3, -0.25) is 0 Å². The van der Waals surface area contributed by atoms with E-state index in [4.69, 9.17) is 11.5 Å². The fourth-order valence-electron chi connectivity index (χ4n) is 1.68. The van der Waals surface area contributed by atoms with Crippen molar-refractivity contribution in [2.75, 3.05) is 6.54 Å². The summed E-state index contributed by atoms with van der Waals surface area (Å²) >= 11 is 0. The molecular weight excluding hydrogens is 172 g/mol. The zero-order chi connectivity index (χ0) is 10.9. The van der Waals surface area contributed by atoms with Crippen LogP contribution in [-0.2, 0) is 5.54 Å². The highest BCUT2D eigenvalue weighted by atomic mass is 14.8. The molecule has 78 valence electrons. The maximum atomic E-state index is 6.13. The standard InChI is InChI=1S/C12H20N2/c1-8-5-6-11(10(3)9(8)2)12(4,14)7-13/h5-6H,7,13-14H2,1-4H3. The van der Waals surface area contributed by atoms with Gasteiger partial charge in [0, 0.05) is 6.54 Å². The predicted molar refractivity (Wildman–Crippen MR) is 61.2 cm³/mol. The molecule has 1 unspecified atom stereocenters. The van der Waals surface area contributed by atoms with Crippen LogP contribution in [0.2, 0.25) is 0 Å². The van der Waals surface area contributed by atoms with E-state index in [1.165, 1.54) is 16.7 Å². The quantitative estimate of drug-likeness (QED) is 0.750. The molecule has 0 heterocycles. The fraction of sp³-hybridized carbons (Fsp3) is 0.500. The summed E-state index contributed by atoms with van der Waals surface area (Å²) in [5.41, 5.74) is 16.4. The Morgan fingerprint density at radius 3 is 2.21 bits per heavy atom. The molecule has 0 saturated heterocycles.